The topological polar surface area (TPSA) is 77.3 Å². The highest BCUT2D eigenvalue weighted by Gasteiger charge is 2.14. The third-order valence-corrected chi connectivity index (χ3v) is 4.37. The minimum Gasteiger partial charge on any atom is -0.487 e. The van der Waals surface area contributed by atoms with E-state index in [1.54, 1.807) is 24.3 Å². The fraction of sp³-hybridized carbons (Fsp3) is 0.150. The maximum absolute atomic E-state index is 13.7. The average molecular weight is 402 g/mol. The van der Waals surface area contributed by atoms with Crippen molar-refractivity contribution in [1.29, 1.82) is 0 Å². The molecule has 0 unspecified atom stereocenters. The van der Waals surface area contributed by atoms with Crippen LogP contribution in [0.3, 0.4) is 0 Å². The Morgan fingerprint density at radius 1 is 1.25 bits per heavy atom. The third-order valence-electron chi connectivity index (χ3n) is 4.13. The summed E-state index contributed by atoms with van der Waals surface area (Å²) < 4.78 is 19.3. The van der Waals surface area contributed by atoms with Crippen LogP contribution in [0.4, 0.5) is 15.8 Å². The zero-order valence-corrected chi connectivity index (χ0v) is 15.7. The largest absolute Gasteiger partial charge is 0.487 e. The van der Waals surface area contributed by atoms with Gasteiger partial charge in [0, 0.05) is 41.1 Å². The minimum atomic E-state index is -0.462. The molecule has 1 heterocycles. The average Bonchev–Trinajstić information content (AvgIpc) is 2.68. The summed E-state index contributed by atoms with van der Waals surface area (Å²) in [6.45, 7) is 2.14. The van der Waals surface area contributed by atoms with E-state index in [1.807, 2.05) is 13.0 Å². The smallest absolute Gasteiger partial charge is 0.275 e. The van der Waals surface area contributed by atoms with Gasteiger partial charge in [0.25, 0.3) is 5.69 Å². The van der Waals surface area contributed by atoms with Gasteiger partial charge in [-0.25, -0.2) is 4.39 Å². The molecule has 0 spiro atoms. The zero-order valence-electron chi connectivity index (χ0n) is 15.0. The van der Waals surface area contributed by atoms with Gasteiger partial charge < -0.3 is 10.1 Å². The molecule has 144 valence electrons. The Balaban J connectivity index is 1.72. The van der Waals surface area contributed by atoms with E-state index in [-0.39, 0.29) is 24.5 Å². The number of hydrogen-bond donors (Lipinski definition) is 1. The van der Waals surface area contributed by atoms with Gasteiger partial charge in [0.15, 0.2) is 0 Å². The normalized spacial score (nSPS) is 10.5. The Bertz CT molecular complexity index is 1010. The van der Waals surface area contributed by atoms with Crippen molar-refractivity contribution in [2.24, 2.45) is 0 Å². The molecule has 1 aromatic heterocycles. The van der Waals surface area contributed by atoms with Crippen LogP contribution in [0.25, 0.3) is 0 Å². The van der Waals surface area contributed by atoms with Gasteiger partial charge in [0.1, 0.15) is 23.9 Å². The molecule has 0 saturated carbocycles. The lowest BCUT2D eigenvalue weighted by molar-refractivity contribution is -0.385. The van der Waals surface area contributed by atoms with Gasteiger partial charge in [0.2, 0.25) is 0 Å². The maximum Gasteiger partial charge on any atom is 0.275 e. The first-order valence-corrected chi connectivity index (χ1v) is 8.81. The van der Waals surface area contributed by atoms with Gasteiger partial charge in [-0.15, -0.1) is 0 Å². The molecule has 6 nitrogen and oxygen atoms in total. The molecule has 0 aliphatic rings. The van der Waals surface area contributed by atoms with E-state index >= 15 is 0 Å². The van der Waals surface area contributed by atoms with E-state index in [4.69, 9.17) is 16.3 Å². The highest BCUT2D eigenvalue weighted by Crippen LogP contribution is 2.27. The highest BCUT2D eigenvalue weighted by molar-refractivity contribution is 6.30. The lowest BCUT2D eigenvalue weighted by Gasteiger charge is -2.13. The van der Waals surface area contributed by atoms with Crippen molar-refractivity contribution in [3.05, 3.63) is 92.5 Å². The lowest BCUT2D eigenvalue weighted by Crippen LogP contribution is -2.05. The van der Waals surface area contributed by atoms with Crippen LogP contribution in [-0.2, 0) is 13.2 Å². The van der Waals surface area contributed by atoms with Crippen molar-refractivity contribution in [3.63, 3.8) is 0 Å². The molecule has 0 fully saturated rings. The van der Waals surface area contributed by atoms with Crippen molar-refractivity contribution in [1.82, 2.24) is 4.98 Å². The number of aromatic nitrogens is 1. The molecule has 1 N–H and O–H groups in total. The summed E-state index contributed by atoms with van der Waals surface area (Å²) in [6.07, 6.45) is 1.50. The predicted octanol–water partition coefficient (Wildman–Crippen LogP) is 5.28. The fourth-order valence-electron chi connectivity index (χ4n) is 2.60. The number of benzene rings is 2. The first-order valence-electron chi connectivity index (χ1n) is 8.43. The lowest BCUT2D eigenvalue weighted by atomic mass is 10.1. The van der Waals surface area contributed by atoms with Crippen LogP contribution in [0.2, 0.25) is 5.02 Å². The van der Waals surface area contributed by atoms with Crippen molar-refractivity contribution in [2.45, 2.75) is 20.1 Å². The van der Waals surface area contributed by atoms with E-state index in [0.717, 1.165) is 11.3 Å². The van der Waals surface area contributed by atoms with Crippen LogP contribution < -0.4 is 10.1 Å². The second-order valence-corrected chi connectivity index (χ2v) is 6.52. The van der Waals surface area contributed by atoms with Crippen molar-refractivity contribution >= 4 is 23.0 Å². The van der Waals surface area contributed by atoms with Crippen LogP contribution in [0.15, 0.2) is 54.7 Å². The van der Waals surface area contributed by atoms with E-state index in [9.17, 15) is 14.5 Å². The van der Waals surface area contributed by atoms with E-state index in [0.29, 0.717) is 16.3 Å². The Hall–Kier alpha value is -3.19. The van der Waals surface area contributed by atoms with Crippen molar-refractivity contribution in [3.8, 4) is 5.75 Å². The summed E-state index contributed by atoms with van der Waals surface area (Å²) in [7, 11) is 0. The molecule has 3 aromatic rings. The number of halogens is 2. The molecular weight excluding hydrogens is 385 g/mol. The van der Waals surface area contributed by atoms with Gasteiger partial charge >= 0.3 is 0 Å². The zero-order chi connectivity index (χ0) is 20.1. The van der Waals surface area contributed by atoms with Crippen LogP contribution in [0, 0.1) is 22.9 Å². The summed E-state index contributed by atoms with van der Waals surface area (Å²) in [5.41, 5.74) is 2.37. The van der Waals surface area contributed by atoms with Gasteiger partial charge in [-0.2, -0.15) is 0 Å². The molecule has 0 atom stereocenters. The van der Waals surface area contributed by atoms with Crippen LogP contribution in [0.5, 0.6) is 5.75 Å². The minimum absolute atomic E-state index is 0.00215. The Labute approximate surface area is 166 Å². The number of aryl methyl sites for hydroxylation is 1. The molecule has 0 amide bonds. The van der Waals surface area contributed by atoms with Gasteiger partial charge in [-0.1, -0.05) is 17.7 Å². The molecule has 0 aliphatic carbocycles. The van der Waals surface area contributed by atoms with Crippen LogP contribution >= 0.6 is 11.6 Å². The molecule has 28 heavy (non-hydrogen) atoms. The molecule has 0 saturated heterocycles. The number of anilines is 1. The maximum atomic E-state index is 13.7. The fourth-order valence-corrected chi connectivity index (χ4v) is 2.77. The number of hydrogen-bond acceptors (Lipinski definition) is 5. The van der Waals surface area contributed by atoms with Crippen molar-refractivity contribution in [2.75, 3.05) is 5.32 Å². The van der Waals surface area contributed by atoms with Gasteiger partial charge in [0.05, 0.1) is 4.92 Å². The first-order chi connectivity index (χ1) is 13.4. The summed E-state index contributed by atoms with van der Waals surface area (Å²) in [5, 5.41) is 14.7. The quantitative estimate of drug-likeness (QED) is 0.430. The summed E-state index contributed by atoms with van der Waals surface area (Å²) in [4.78, 5) is 14.7. The summed E-state index contributed by atoms with van der Waals surface area (Å²) in [6, 6.07) is 12.8. The van der Waals surface area contributed by atoms with E-state index in [2.05, 4.69) is 10.3 Å². The number of nitro groups is 1. The van der Waals surface area contributed by atoms with Crippen molar-refractivity contribution < 1.29 is 14.1 Å². The Kier molecular flexibility index (Phi) is 6.06. The predicted molar refractivity (Wildman–Crippen MR) is 105 cm³/mol. The van der Waals surface area contributed by atoms with E-state index in [1.165, 1.54) is 24.4 Å². The monoisotopic (exact) mass is 401 g/mol. The first kappa shape index (κ1) is 19.6. The second kappa shape index (κ2) is 8.67. The summed E-state index contributed by atoms with van der Waals surface area (Å²) in [5.74, 6) is 0.103. The summed E-state index contributed by atoms with van der Waals surface area (Å²) >= 11 is 5.85. The number of rotatable bonds is 7. The number of ether oxygens (including phenoxy) is 1. The standard InChI is InChI=1S/C20H17ClFN3O3/c1-13-4-7-16(28-12-19-17(22)3-2-8-23-19)10-18(13)24-11-14-5-6-15(21)9-20(14)25(26)27/h2-10,24H,11-12H2,1H3. The molecule has 0 radical (unpaired) electrons. The molecular formula is C20H17ClFN3O3. The van der Waals surface area contributed by atoms with Gasteiger partial charge in [-0.05, 0) is 42.8 Å². The number of nitrogens with zero attached hydrogens (tertiary/aromatic N) is 2. The molecule has 0 bridgehead atoms. The number of nitrogens with one attached hydrogen (secondary N) is 1. The SMILES string of the molecule is Cc1ccc(OCc2ncccc2F)cc1NCc1ccc(Cl)cc1[N+](=O)[O-]. The molecule has 0 aliphatic heterocycles. The third kappa shape index (κ3) is 4.75. The van der Waals surface area contributed by atoms with Gasteiger partial charge in [-0.3, -0.25) is 15.1 Å². The van der Waals surface area contributed by atoms with E-state index < -0.39 is 10.7 Å². The molecule has 3 rings (SSSR count). The Morgan fingerprint density at radius 3 is 2.82 bits per heavy atom. The Morgan fingerprint density at radius 2 is 2.07 bits per heavy atom. The van der Waals surface area contributed by atoms with Crippen LogP contribution in [-0.4, -0.2) is 9.91 Å². The second-order valence-electron chi connectivity index (χ2n) is 6.08. The number of pyridine rings is 1. The molecule has 2 aromatic carbocycles. The number of nitro benzene ring substituents is 1. The van der Waals surface area contributed by atoms with Crippen LogP contribution in [0.1, 0.15) is 16.8 Å². The molecule has 8 heteroatoms. The highest BCUT2D eigenvalue weighted by atomic mass is 35.5.